The molecule has 0 aliphatic carbocycles. The van der Waals surface area contributed by atoms with Gasteiger partial charge in [0, 0.05) is 25.7 Å². The van der Waals surface area contributed by atoms with Gasteiger partial charge in [-0.2, -0.15) is 0 Å². The molecular formula is C22H36O8. The number of carbonyl (C=O) groups is 4. The van der Waals surface area contributed by atoms with Crippen LogP contribution in [0.25, 0.3) is 0 Å². The topological polar surface area (TPSA) is 105 Å². The second-order valence-electron chi connectivity index (χ2n) is 8.17. The Labute approximate surface area is 178 Å². The summed E-state index contributed by atoms with van der Waals surface area (Å²) in [6.45, 7) is 11.4. The Hall–Kier alpha value is -2.12. The molecule has 0 aromatic heterocycles. The Kier molecular flexibility index (Phi) is 10.8. The van der Waals surface area contributed by atoms with Gasteiger partial charge in [-0.3, -0.25) is 19.2 Å². The summed E-state index contributed by atoms with van der Waals surface area (Å²) < 4.78 is 20.0. The number of ether oxygens (including phenoxy) is 4. The standard InChI is InChI=1S/2C11H18O4/c2*1-4-7(2)9-5-11(13)15-10(9)6-14-8(3)12/h2*7,9-10H,4-6H2,1-3H3/t7?,9-,10+;7?,9-,10-/m11/s1. The Morgan fingerprint density at radius 1 is 0.833 bits per heavy atom. The highest BCUT2D eigenvalue weighted by molar-refractivity contribution is 5.73. The zero-order chi connectivity index (χ0) is 22.8. The molecule has 2 heterocycles. The molecule has 0 amide bonds. The van der Waals surface area contributed by atoms with Crippen molar-refractivity contribution >= 4 is 23.9 Å². The monoisotopic (exact) mass is 428 g/mol. The molecule has 2 aliphatic heterocycles. The number of hydrogen-bond acceptors (Lipinski definition) is 8. The van der Waals surface area contributed by atoms with E-state index in [0.717, 1.165) is 12.8 Å². The second kappa shape index (κ2) is 12.5. The van der Waals surface area contributed by atoms with Gasteiger partial charge in [0.1, 0.15) is 25.4 Å². The predicted molar refractivity (Wildman–Crippen MR) is 108 cm³/mol. The molecular weight excluding hydrogens is 392 g/mol. The van der Waals surface area contributed by atoms with Crippen LogP contribution in [0, 0.1) is 23.7 Å². The molecule has 2 fully saturated rings. The van der Waals surface area contributed by atoms with Crippen LogP contribution in [0.4, 0.5) is 0 Å². The lowest BCUT2D eigenvalue weighted by molar-refractivity contribution is -0.152. The average Bonchev–Trinajstić information content (AvgIpc) is 3.26. The van der Waals surface area contributed by atoms with E-state index in [2.05, 4.69) is 27.7 Å². The van der Waals surface area contributed by atoms with Crippen molar-refractivity contribution in [2.75, 3.05) is 13.2 Å². The largest absolute Gasteiger partial charge is 0.462 e. The van der Waals surface area contributed by atoms with Gasteiger partial charge < -0.3 is 18.9 Å². The molecule has 0 aromatic rings. The number of cyclic esters (lactones) is 2. The minimum Gasteiger partial charge on any atom is -0.462 e. The lowest BCUT2D eigenvalue weighted by Crippen LogP contribution is -2.27. The number of carbonyl (C=O) groups excluding carboxylic acids is 4. The third-order valence-corrected chi connectivity index (χ3v) is 5.98. The number of hydrogen-bond donors (Lipinski definition) is 0. The van der Waals surface area contributed by atoms with E-state index in [4.69, 9.17) is 18.9 Å². The van der Waals surface area contributed by atoms with Crippen LogP contribution in [0.3, 0.4) is 0 Å². The fraction of sp³-hybridized carbons (Fsp3) is 0.818. The van der Waals surface area contributed by atoms with E-state index in [9.17, 15) is 19.2 Å². The van der Waals surface area contributed by atoms with Crippen LogP contribution in [-0.4, -0.2) is 49.3 Å². The summed E-state index contributed by atoms with van der Waals surface area (Å²) in [6, 6.07) is 0. The third-order valence-electron chi connectivity index (χ3n) is 5.98. The van der Waals surface area contributed by atoms with Crippen molar-refractivity contribution in [2.45, 2.75) is 79.4 Å². The van der Waals surface area contributed by atoms with E-state index in [1.807, 2.05) is 0 Å². The first-order chi connectivity index (χ1) is 14.1. The lowest BCUT2D eigenvalue weighted by Gasteiger charge is -2.21. The quantitative estimate of drug-likeness (QED) is 0.429. The van der Waals surface area contributed by atoms with Crippen LogP contribution in [-0.2, 0) is 38.1 Å². The Morgan fingerprint density at radius 3 is 1.43 bits per heavy atom. The molecule has 2 unspecified atom stereocenters. The Balaban J connectivity index is 0.000000300. The summed E-state index contributed by atoms with van der Waals surface area (Å²) in [5.41, 5.74) is 0. The van der Waals surface area contributed by atoms with E-state index < -0.39 is 0 Å². The van der Waals surface area contributed by atoms with Gasteiger partial charge in [-0.1, -0.05) is 40.5 Å². The zero-order valence-electron chi connectivity index (χ0n) is 19.0. The smallest absolute Gasteiger partial charge is 0.306 e. The van der Waals surface area contributed by atoms with Crippen molar-refractivity contribution in [1.82, 2.24) is 0 Å². The molecule has 0 aromatic carbocycles. The van der Waals surface area contributed by atoms with Crippen molar-refractivity contribution in [3.8, 4) is 0 Å². The Bertz CT molecular complexity index is 550. The van der Waals surface area contributed by atoms with Crippen LogP contribution in [0.15, 0.2) is 0 Å². The van der Waals surface area contributed by atoms with Crippen molar-refractivity contribution in [3.05, 3.63) is 0 Å². The second-order valence-corrected chi connectivity index (χ2v) is 8.17. The summed E-state index contributed by atoms with van der Waals surface area (Å²) in [5, 5.41) is 0. The highest BCUT2D eigenvalue weighted by Gasteiger charge is 2.39. The van der Waals surface area contributed by atoms with Crippen molar-refractivity contribution in [3.63, 3.8) is 0 Å². The van der Waals surface area contributed by atoms with Crippen LogP contribution in [0.2, 0.25) is 0 Å². The fourth-order valence-corrected chi connectivity index (χ4v) is 3.71. The molecule has 172 valence electrons. The van der Waals surface area contributed by atoms with Crippen LogP contribution >= 0.6 is 0 Å². The maximum absolute atomic E-state index is 11.2. The number of esters is 4. The first-order valence-electron chi connectivity index (χ1n) is 10.7. The summed E-state index contributed by atoms with van der Waals surface area (Å²) >= 11 is 0. The summed E-state index contributed by atoms with van der Waals surface area (Å²) in [5.74, 6) is 0.161. The molecule has 2 saturated heterocycles. The normalized spacial score (nSPS) is 27.3. The summed E-state index contributed by atoms with van der Waals surface area (Å²) in [7, 11) is 0. The molecule has 8 nitrogen and oxygen atoms in total. The van der Waals surface area contributed by atoms with E-state index in [1.54, 1.807) is 0 Å². The molecule has 30 heavy (non-hydrogen) atoms. The van der Waals surface area contributed by atoms with Crippen molar-refractivity contribution in [2.24, 2.45) is 23.7 Å². The van der Waals surface area contributed by atoms with E-state index in [1.165, 1.54) is 13.8 Å². The molecule has 6 atom stereocenters. The molecule has 8 heteroatoms. The van der Waals surface area contributed by atoms with E-state index in [-0.39, 0.29) is 61.1 Å². The molecule has 2 aliphatic rings. The maximum Gasteiger partial charge on any atom is 0.306 e. The van der Waals surface area contributed by atoms with E-state index >= 15 is 0 Å². The summed E-state index contributed by atoms with van der Waals surface area (Å²) in [4.78, 5) is 43.7. The fourth-order valence-electron chi connectivity index (χ4n) is 3.71. The molecule has 0 bridgehead atoms. The van der Waals surface area contributed by atoms with Gasteiger partial charge in [-0.05, 0) is 11.8 Å². The molecule has 0 saturated carbocycles. The molecule has 0 spiro atoms. The Morgan fingerprint density at radius 2 is 1.17 bits per heavy atom. The minimum absolute atomic E-state index is 0.182. The number of rotatable bonds is 8. The maximum atomic E-state index is 11.2. The first-order valence-corrected chi connectivity index (χ1v) is 10.7. The molecule has 2 rings (SSSR count). The average molecular weight is 429 g/mol. The summed E-state index contributed by atoms with van der Waals surface area (Å²) in [6.07, 6.45) is 2.38. The third kappa shape index (κ3) is 8.32. The van der Waals surface area contributed by atoms with Gasteiger partial charge in [-0.25, -0.2) is 0 Å². The van der Waals surface area contributed by atoms with Crippen molar-refractivity contribution in [1.29, 1.82) is 0 Å². The first kappa shape index (κ1) is 25.9. The zero-order valence-corrected chi connectivity index (χ0v) is 19.0. The SMILES string of the molecule is CCC(C)[C@H]1CC(=O)O[C@@H]1COC(C)=O.CCC(C)[C@H]1CC(=O)O[C@H]1COC(C)=O. The predicted octanol–water partition coefficient (Wildman–Crippen LogP) is 3.05. The van der Waals surface area contributed by atoms with E-state index in [0.29, 0.717) is 24.7 Å². The van der Waals surface area contributed by atoms with Crippen molar-refractivity contribution < 1.29 is 38.1 Å². The molecule has 0 N–H and O–H groups in total. The van der Waals surface area contributed by atoms with Gasteiger partial charge in [-0.15, -0.1) is 0 Å². The van der Waals surface area contributed by atoms with Crippen LogP contribution in [0.1, 0.15) is 67.2 Å². The minimum atomic E-state index is -0.333. The highest BCUT2D eigenvalue weighted by Crippen LogP contribution is 2.32. The van der Waals surface area contributed by atoms with Crippen LogP contribution < -0.4 is 0 Å². The van der Waals surface area contributed by atoms with Gasteiger partial charge >= 0.3 is 23.9 Å². The molecule has 0 radical (unpaired) electrons. The van der Waals surface area contributed by atoms with Gasteiger partial charge in [0.15, 0.2) is 0 Å². The highest BCUT2D eigenvalue weighted by atomic mass is 16.6. The van der Waals surface area contributed by atoms with Crippen LogP contribution in [0.5, 0.6) is 0 Å². The van der Waals surface area contributed by atoms with Gasteiger partial charge in [0.2, 0.25) is 0 Å². The lowest BCUT2D eigenvalue weighted by atomic mass is 9.86. The van der Waals surface area contributed by atoms with Gasteiger partial charge in [0.25, 0.3) is 0 Å². The van der Waals surface area contributed by atoms with Gasteiger partial charge in [0.05, 0.1) is 12.8 Å².